The van der Waals surface area contributed by atoms with E-state index >= 15 is 0 Å². The molecule has 0 heterocycles. The van der Waals surface area contributed by atoms with Gasteiger partial charge in [0.1, 0.15) is 5.75 Å². The monoisotopic (exact) mass is 245 g/mol. The molecule has 16 heavy (non-hydrogen) atoms. The van der Waals surface area contributed by atoms with Crippen molar-refractivity contribution in [2.24, 2.45) is 5.73 Å². The molecular formula is C10H15NO4S. The fourth-order valence-corrected chi connectivity index (χ4v) is 2.26. The first-order valence-corrected chi connectivity index (χ1v) is 6.42. The van der Waals surface area contributed by atoms with E-state index in [0.717, 1.165) is 0 Å². The summed E-state index contributed by atoms with van der Waals surface area (Å²) in [5, 5.41) is 9.27. The average molecular weight is 245 g/mol. The Bertz CT molecular complexity index is 427. The van der Waals surface area contributed by atoms with E-state index in [4.69, 9.17) is 10.5 Å². The van der Waals surface area contributed by atoms with Crippen molar-refractivity contribution in [2.45, 2.75) is 17.3 Å². The maximum absolute atomic E-state index is 11.7. The van der Waals surface area contributed by atoms with Crippen LogP contribution >= 0.6 is 0 Å². The molecule has 0 saturated carbocycles. The van der Waals surface area contributed by atoms with Gasteiger partial charge in [-0.1, -0.05) is 0 Å². The second kappa shape index (κ2) is 5.29. The van der Waals surface area contributed by atoms with Crippen molar-refractivity contribution in [3.05, 3.63) is 24.3 Å². The van der Waals surface area contributed by atoms with Crippen LogP contribution in [-0.4, -0.2) is 32.1 Å². The summed E-state index contributed by atoms with van der Waals surface area (Å²) in [4.78, 5) is 0.0360. The van der Waals surface area contributed by atoms with Crippen LogP contribution in [-0.2, 0) is 9.84 Å². The molecule has 0 bridgehead atoms. The van der Waals surface area contributed by atoms with E-state index in [1.54, 1.807) is 12.1 Å². The molecule has 0 radical (unpaired) electrons. The Morgan fingerprint density at radius 1 is 1.38 bits per heavy atom. The number of ether oxygens (including phenoxy) is 1. The molecule has 0 aliphatic rings. The topological polar surface area (TPSA) is 89.6 Å². The molecule has 6 heteroatoms. The molecule has 90 valence electrons. The second-order valence-electron chi connectivity index (χ2n) is 3.14. The summed E-state index contributed by atoms with van der Waals surface area (Å²) in [7, 11) is -3.75. The predicted molar refractivity (Wildman–Crippen MR) is 59.9 cm³/mol. The first kappa shape index (κ1) is 13.0. The van der Waals surface area contributed by atoms with Gasteiger partial charge < -0.3 is 15.6 Å². The van der Waals surface area contributed by atoms with Crippen LogP contribution < -0.4 is 10.5 Å². The van der Waals surface area contributed by atoms with Crippen LogP contribution in [0, 0.1) is 0 Å². The average Bonchev–Trinajstić information content (AvgIpc) is 2.29. The quantitative estimate of drug-likeness (QED) is 0.770. The number of nitrogens with two attached hydrogens (primary N) is 1. The van der Waals surface area contributed by atoms with Gasteiger partial charge in [0.15, 0.2) is 5.44 Å². The van der Waals surface area contributed by atoms with Gasteiger partial charge in [0, 0.05) is 6.54 Å². The van der Waals surface area contributed by atoms with E-state index in [0.29, 0.717) is 12.4 Å². The lowest BCUT2D eigenvalue weighted by atomic mass is 10.3. The highest BCUT2D eigenvalue weighted by Crippen LogP contribution is 2.18. The Labute approximate surface area is 94.8 Å². The zero-order valence-corrected chi connectivity index (χ0v) is 9.78. The first-order valence-electron chi connectivity index (χ1n) is 4.87. The third-order valence-corrected chi connectivity index (χ3v) is 3.86. The van der Waals surface area contributed by atoms with Gasteiger partial charge in [-0.05, 0) is 31.2 Å². The fourth-order valence-electron chi connectivity index (χ4n) is 1.18. The van der Waals surface area contributed by atoms with Crippen molar-refractivity contribution in [3.63, 3.8) is 0 Å². The Hall–Kier alpha value is -1.11. The Kier molecular flexibility index (Phi) is 4.28. The number of hydrogen-bond acceptors (Lipinski definition) is 5. The molecule has 0 fully saturated rings. The number of sulfone groups is 1. The maximum Gasteiger partial charge on any atom is 0.206 e. The molecule has 3 N–H and O–H groups in total. The highest BCUT2D eigenvalue weighted by atomic mass is 32.2. The van der Waals surface area contributed by atoms with E-state index < -0.39 is 15.3 Å². The van der Waals surface area contributed by atoms with E-state index in [1.807, 2.05) is 6.92 Å². The third-order valence-electron chi connectivity index (χ3n) is 2.02. The van der Waals surface area contributed by atoms with Gasteiger partial charge in [0.25, 0.3) is 0 Å². The number of hydrogen-bond donors (Lipinski definition) is 2. The molecule has 1 rings (SSSR count). The van der Waals surface area contributed by atoms with Crippen molar-refractivity contribution in [2.75, 3.05) is 13.2 Å². The van der Waals surface area contributed by atoms with Gasteiger partial charge >= 0.3 is 0 Å². The van der Waals surface area contributed by atoms with Crippen LogP contribution in [0.1, 0.15) is 6.92 Å². The molecule has 0 saturated heterocycles. The SMILES string of the molecule is CCOc1ccc(S(=O)(=O)C(O)CN)cc1. The molecule has 1 atom stereocenters. The van der Waals surface area contributed by atoms with Crippen molar-refractivity contribution in [1.82, 2.24) is 0 Å². The molecule has 0 aliphatic carbocycles. The van der Waals surface area contributed by atoms with Crippen LogP contribution in [0.2, 0.25) is 0 Å². The molecule has 1 aromatic carbocycles. The summed E-state index contributed by atoms with van der Waals surface area (Å²) < 4.78 is 28.5. The van der Waals surface area contributed by atoms with Gasteiger partial charge in [-0.25, -0.2) is 8.42 Å². The zero-order chi connectivity index (χ0) is 12.2. The van der Waals surface area contributed by atoms with Crippen molar-refractivity contribution >= 4 is 9.84 Å². The fraction of sp³-hybridized carbons (Fsp3) is 0.400. The summed E-state index contributed by atoms with van der Waals surface area (Å²) in [6.45, 7) is 2.02. The van der Waals surface area contributed by atoms with Crippen LogP contribution in [0.4, 0.5) is 0 Å². The van der Waals surface area contributed by atoms with Gasteiger partial charge in [-0.2, -0.15) is 0 Å². The van der Waals surface area contributed by atoms with Crippen LogP contribution in [0.15, 0.2) is 29.2 Å². The van der Waals surface area contributed by atoms with Gasteiger partial charge in [0.2, 0.25) is 9.84 Å². The van der Waals surface area contributed by atoms with Crippen LogP contribution in [0.25, 0.3) is 0 Å². The summed E-state index contributed by atoms with van der Waals surface area (Å²) in [5.74, 6) is 0.587. The number of rotatable bonds is 5. The molecule has 1 aromatic rings. The standard InChI is InChI=1S/C10H15NO4S/c1-2-15-8-3-5-9(6-4-8)16(13,14)10(12)7-11/h3-6,10,12H,2,7,11H2,1H3. The second-order valence-corrected chi connectivity index (χ2v) is 5.25. The van der Waals surface area contributed by atoms with Crippen LogP contribution in [0.5, 0.6) is 5.75 Å². The maximum atomic E-state index is 11.7. The van der Waals surface area contributed by atoms with E-state index in [2.05, 4.69) is 0 Å². The smallest absolute Gasteiger partial charge is 0.206 e. The lowest BCUT2D eigenvalue weighted by molar-refractivity contribution is 0.256. The third kappa shape index (κ3) is 2.72. The number of aliphatic hydroxyl groups is 1. The zero-order valence-electron chi connectivity index (χ0n) is 8.96. The Morgan fingerprint density at radius 2 is 1.94 bits per heavy atom. The molecule has 0 spiro atoms. The highest BCUT2D eigenvalue weighted by Gasteiger charge is 2.23. The van der Waals surface area contributed by atoms with E-state index in [1.165, 1.54) is 12.1 Å². The van der Waals surface area contributed by atoms with E-state index in [-0.39, 0.29) is 11.4 Å². The number of benzene rings is 1. The highest BCUT2D eigenvalue weighted by molar-refractivity contribution is 7.91. The predicted octanol–water partition coefficient (Wildman–Crippen LogP) is 0.136. The molecule has 0 amide bonds. The van der Waals surface area contributed by atoms with E-state index in [9.17, 15) is 13.5 Å². The van der Waals surface area contributed by atoms with Gasteiger partial charge in [-0.15, -0.1) is 0 Å². The van der Waals surface area contributed by atoms with Crippen molar-refractivity contribution in [1.29, 1.82) is 0 Å². The minimum atomic E-state index is -3.75. The number of aliphatic hydroxyl groups excluding tert-OH is 1. The Morgan fingerprint density at radius 3 is 2.38 bits per heavy atom. The minimum Gasteiger partial charge on any atom is -0.494 e. The Balaban J connectivity index is 2.97. The largest absolute Gasteiger partial charge is 0.494 e. The molecule has 1 unspecified atom stereocenters. The summed E-state index contributed by atoms with van der Waals surface area (Å²) in [6.07, 6.45) is 0. The van der Waals surface area contributed by atoms with Gasteiger partial charge in [-0.3, -0.25) is 0 Å². The van der Waals surface area contributed by atoms with Gasteiger partial charge in [0.05, 0.1) is 11.5 Å². The molecule has 0 aromatic heterocycles. The summed E-state index contributed by atoms with van der Waals surface area (Å²) in [5.41, 5.74) is 3.55. The first-order chi connectivity index (χ1) is 7.52. The minimum absolute atomic E-state index is 0.0360. The van der Waals surface area contributed by atoms with Crippen molar-refractivity contribution in [3.8, 4) is 5.75 Å². The van der Waals surface area contributed by atoms with Crippen molar-refractivity contribution < 1.29 is 18.3 Å². The molecule has 0 aliphatic heterocycles. The molecular weight excluding hydrogens is 230 g/mol. The summed E-state index contributed by atoms with van der Waals surface area (Å²) >= 11 is 0. The normalized spacial score (nSPS) is 13.4. The lowest BCUT2D eigenvalue weighted by Gasteiger charge is -2.10. The van der Waals surface area contributed by atoms with Crippen LogP contribution in [0.3, 0.4) is 0 Å². The molecule has 5 nitrogen and oxygen atoms in total. The lowest BCUT2D eigenvalue weighted by Crippen LogP contribution is -2.29. The summed E-state index contributed by atoms with van der Waals surface area (Å²) in [6, 6.07) is 5.86.